The van der Waals surface area contributed by atoms with Crippen LogP contribution in [0.15, 0.2) is 48.5 Å². The van der Waals surface area contributed by atoms with Crippen LogP contribution < -0.4 is 10.6 Å². The van der Waals surface area contributed by atoms with E-state index in [1.165, 1.54) is 7.11 Å². The Labute approximate surface area is 166 Å². The molecular formula is C21H29N2O4P. The molecule has 2 rings (SSSR count). The summed E-state index contributed by atoms with van der Waals surface area (Å²) in [6.45, 7) is 7.48. The van der Waals surface area contributed by atoms with Gasteiger partial charge in [0.05, 0.1) is 0 Å². The van der Waals surface area contributed by atoms with Gasteiger partial charge in [0, 0.05) is 12.8 Å². The van der Waals surface area contributed by atoms with Gasteiger partial charge in [-0.1, -0.05) is 62.4 Å². The molecule has 0 fully saturated rings. The Morgan fingerprint density at radius 1 is 1.04 bits per heavy atom. The predicted octanol–water partition coefficient (Wildman–Crippen LogP) is 4.39. The highest BCUT2D eigenvalue weighted by Crippen LogP contribution is 2.49. The molecule has 0 saturated carbocycles. The molecule has 3 atom stereocenters. The summed E-state index contributed by atoms with van der Waals surface area (Å²) in [6, 6.07) is 14.1. The number of nitrogens with one attached hydrogen (secondary N) is 2. The van der Waals surface area contributed by atoms with E-state index >= 15 is 0 Å². The van der Waals surface area contributed by atoms with Gasteiger partial charge in [-0.15, -0.1) is 0 Å². The summed E-state index contributed by atoms with van der Waals surface area (Å²) in [6.07, 6.45) is 0. The van der Waals surface area contributed by atoms with Crippen molar-refractivity contribution in [3.8, 4) is 0 Å². The van der Waals surface area contributed by atoms with E-state index in [1.54, 1.807) is 0 Å². The molecule has 1 amide bonds. The van der Waals surface area contributed by atoms with Crippen LogP contribution in [0.1, 0.15) is 36.6 Å². The van der Waals surface area contributed by atoms with E-state index in [9.17, 15) is 14.3 Å². The van der Waals surface area contributed by atoms with Crippen molar-refractivity contribution >= 4 is 19.2 Å². The minimum atomic E-state index is -3.95. The Bertz CT molecular complexity index is 834. The maximum Gasteiger partial charge on any atom is 0.344 e. The number of amides is 1. The molecule has 0 radical (unpaired) electrons. The van der Waals surface area contributed by atoms with Gasteiger partial charge in [-0.05, 0) is 36.5 Å². The largest absolute Gasteiger partial charge is 0.344 e. The van der Waals surface area contributed by atoms with Gasteiger partial charge in [-0.25, -0.2) is 0 Å². The average molecular weight is 404 g/mol. The molecule has 0 aromatic heterocycles. The first-order valence-electron chi connectivity index (χ1n) is 9.23. The first kappa shape index (κ1) is 22.3. The quantitative estimate of drug-likeness (QED) is 0.568. The normalized spacial score (nSPS) is 15.7. The van der Waals surface area contributed by atoms with Gasteiger partial charge in [-0.2, -0.15) is 0 Å². The van der Waals surface area contributed by atoms with Crippen LogP contribution in [0.25, 0.3) is 0 Å². The monoisotopic (exact) mass is 404 g/mol. The lowest BCUT2D eigenvalue weighted by atomic mass is 10.0. The second-order valence-corrected chi connectivity index (χ2v) is 9.25. The molecule has 3 unspecified atom stereocenters. The number of hydrogen-bond donors (Lipinski definition) is 3. The molecule has 2 aromatic rings. The average Bonchev–Trinajstić information content (AvgIpc) is 2.65. The number of aryl methyl sites for hydroxylation is 2. The zero-order valence-corrected chi connectivity index (χ0v) is 17.9. The highest BCUT2D eigenvalue weighted by molar-refractivity contribution is 7.53. The van der Waals surface area contributed by atoms with Crippen molar-refractivity contribution in [2.45, 2.75) is 39.5 Å². The van der Waals surface area contributed by atoms with Crippen molar-refractivity contribution in [2.75, 3.05) is 12.4 Å². The molecular weight excluding hydrogens is 375 g/mol. The molecule has 2 aromatic carbocycles. The third-order valence-electron chi connectivity index (χ3n) is 4.71. The summed E-state index contributed by atoms with van der Waals surface area (Å²) in [4.78, 5) is 23.5. The van der Waals surface area contributed by atoms with Crippen LogP contribution in [0.2, 0.25) is 0 Å². The molecule has 0 bridgehead atoms. The summed E-state index contributed by atoms with van der Waals surface area (Å²) in [5.74, 6) is -1.42. The van der Waals surface area contributed by atoms with Crippen LogP contribution in [0.5, 0.6) is 0 Å². The van der Waals surface area contributed by atoms with Crippen LogP contribution >= 0.6 is 7.60 Å². The fourth-order valence-electron chi connectivity index (χ4n) is 3.12. The van der Waals surface area contributed by atoms with E-state index < -0.39 is 19.4 Å². The highest BCUT2D eigenvalue weighted by Gasteiger charge is 2.37. The van der Waals surface area contributed by atoms with Crippen LogP contribution in [0, 0.1) is 19.8 Å². The molecule has 0 saturated heterocycles. The standard InChI is InChI=1S/C21H29N2O4P/c1-14(2)21(28(25,26)27-5)23-19(17-12-7-6-8-13-17)20(24)22-18-15(3)10-9-11-16(18)4/h6-14,19,21,23H,1-5H3,(H,22,24)(H,25,26). The molecule has 152 valence electrons. The molecule has 0 aliphatic heterocycles. The van der Waals surface area contributed by atoms with E-state index in [1.807, 2.05) is 76.2 Å². The first-order chi connectivity index (χ1) is 13.2. The van der Waals surface area contributed by atoms with Gasteiger partial charge >= 0.3 is 7.60 Å². The van der Waals surface area contributed by atoms with Crippen molar-refractivity contribution in [1.29, 1.82) is 0 Å². The van der Waals surface area contributed by atoms with Crippen molar-refractivity contribution in [2.24, 2.45) is 5.92 Å². The summed E-state index contributed by atoms with van der Waals surface area (Å²) in [5, 5.41) is 6.05. The molecule has 0 aliphatic rings. The number of carbonyl (C=O) groups excluding carboxylic acids is 1. The molecule has 7 heteroatoms. The molecule has 0 heterocycles. The maximum atomic E-state index is 13.2. The number of carbonyl (C=O) groups is 1. The number of hydrogen-bond acceptors (Lipinski definition) is 4. The van der Waals surface area contributed by atoms with Crippen LogP contribution in [-0.2, 0) is 13.9 Å². The summed E-state index contributed by atoms with van der Waals surface area (Å²) in [5.41, 5.74) is 3.35. The lowest BCUT2D eigenvalue weighted by molar-refractivity contribution is -0.118. The summed E-state index contributed by atoms with van der Waals surface area (Å²) < 4.78 is 17.4. The summed E-state index contributed by atoms with van der Waals surface area (Å²) in [7, 11) is -2.75. The van der Waals surface area contributed by atoms with Crippen LogP contribution in [0.3, 0.4) is 0 Å². The van der Waals surface area contributed by atoms with E-state index in [2.05, 4.69) is 10.6 Å². The Balaban J connectivity index is 2.40. The molecule has 0 spiro atoms. The maximum absolute atomic E-state index is 13.2. The third kappa shape index (κ3) is 5.30. The van der Waals surface area contributed by atoms with Gasteiger partial charge in [0.1, 0.15) is 11.8 Å². The minimum Gasteiger partial charge on any atom is -0.324 e. The van der Waals surface area contributed by atoms with Crippen LogP contribution in [-0.4, -0.2) is 23.7 Å². The van der Waals surface area contributed by atoms with Gasteiger partial charge in [-0.3, -0.25) is 14.7 Å². The predicted molar refractivity (Wildman–Crippen MR) is 112 cm³/mol. The number of rotatable bonds is 8. The van der Waals surface area contributed by atoms with Gasteiger partial charge in [0.2, 0.25) is 5.91 Å². The van der Waals surface area contributed by atoms with Crippen molar-refractivity contribution < 1.29 is 18.8 Å². The van der Waals surface area contributed by atoms with E-state index in [-0.39, 0.29) is 11.8 Å². The molecule has 28 heavy (non-hydrogen) atoms. The summed E-state index contributed by atoms with van der Waals surface area (Å²) >= 11 is 0. The van der Waals surface area contributed by atoms with Gasteiger partial charge < -0.3 is 14.7 Å². The number of anilines is 1. The highest BCUT2D eigenvalue weighted by atomic mass is 31.2. The van der Waals surface area contributed by atoms with Crippen LogP contribution in [0.4, 0.5) is 5.69 Å². The molecule has 3 N–H and O–H groups in total. The topological polar surface area (TPSA) is 87.7 Å². The Morgan fingerprint density at radius 2 is 1.61 bits per heavy atom. The van der Waals surface area contributed by atoms with Gasteiger partial charge in [0.15, 0.2) is 0 Å². The number of benzene rings is 2. The smallest absolute Gasteiger partial charge is 0.324 e. The fourth-order valence-corrected chi connectivity index (χ4v) is 4.44. The van der Waals surface area contributed by atoms with Crippen molar-refractivity contribution in [3.63, 3.8) is 0 Å². The zero-order chi connectivity index (χ0) is 20.9. The second kappa shape index (κ2) is 9.48. The number of para-hydroxylation sites is 1. The lowest BCUT2D eigenvalue weighted by Gasteiger charge is -2.30. The van der Waals surface area contributed by atoms with E-state index in [4.69, 9.17) is 4.52 Å². The fraction of sp³-hybridized carbons (Fsp3) is 0.381. The van der Waals surface area contributed by atoms with E-state index in [0.29, 0.717) is 5.56 Å². The Kier molecular flexibility index (Phi) is 7.55. The van der Waals surface area contributed by atoms with Crippen molar-refractivity contribution in [3.05, 3.63) is 65.2 Å². The third-order valence-corrected chi connectivity index (χ3v) is 6.68. The second-order valence-electron chi connectivity index (χ2n) is 7.20. The molecule has 0 aliphatic carbocycles. The molecule has 6 nitrogen and oxygen atoms in total. The van der Waals surface area contributed by atoms with E-state index in [0.717, 1.165) is 16.8 Å². The lowest BCUT2D eigenvalue weighted by Crippen LogP contribution is -2.42. The minimum absolute atomic E-state index is 0.227. The Hall–Kier alpha value is -1.98. The van der Waals surface area contributed by atoms with Crippen molar-refractivity contribution in [1.82, 2.24) is 5.32 Å². The zero-order valence-electron chi connectivity index (χ0n) is 17.0. The Morgan fingerprint density at radius 3 is 2.11 bits per heavy atom. The SMILES string of the molecule is COP(=O)(O)C(NC(C(=O)Nc1c(C)cccc1C)c1ccccc1)C(C)C. The first-order valence-corrected chi connectivity index (χ1v) is 10.9. The van der Waals surface area contributed by atoms with Gasteiger partial charge in [0.25, 0.3) is 0 Å².